The van der Waals surface area contributed by atoms with Crippen LogP contribution in [-0.2, 0) is 4.74 Å². The molecule has 1 unspecified atom stereocenters. The molecule has 2 aliphatic heterocycles. The molecule has 4 atom stereocenters. The summed E-state index contributed by atoms with van der Waals surface area (Å²) in [6, 6.07) is 18.3. The van der Waals surface area contributed by atoms with E-state index < -0.39 is 0 Å². The van der Waals surface area contributed by atoms with Gasteiger partial charge in [-0.1, -0.05) is 18.2 Å². The quantitative estimate of drug-likeness (QED) is 0.570. The van der Waals surface area contributed by atoms with Crippen molar-refractivity contribution in [3.05, 3.63) is 71.3 Å². The predicted octanol–water partition coefficient (Wildman–Crippen LogP) is 4.70. The van der Waals surface area contributed by atoms with Crippen molar-refractivity contribution >= 4 is 5.69 Å². The molecule has 0 amide bonds. The number of hydrogen-bond acceptors (Lipinski definition) is 7. The zero-order valence-corrected chi connectivity index (χ0v) is 19.1. The minimum absolute atomic E-state index is 0.00156. The second kappa shape index (κ2) is 8.33. The number of nitrogens with one attached hydrogen (secondary N) is 1. The Morgan fingerprint density at radius 1 is 0.853 bits per heavy atom. The van der Waals surface area contributed by atoms with Gasteiger partial charge >= 0.3 is 0 Å². The summed E-state index contributed by atoms with van der Waals surface area (Å²) in [5.74, 6) is 2.74. The summed E-state index contributed by atoms with van der Waals surface area (Å²) in [7, 11) is 3.10. The van der Waals surface area contributed by atoms with Gasteiger partial charge in [0.2, 0.25) is 12.5 Å². The molecule has 34 heavy (non-hydrogen) atoms. The first-order valence-corrected chi connectivity index (χ1v) is 11.5. The molecule has 0 radical (unpaired) electrons. The molecule has 7 nitrogen and oxygen atoms in total. The lowest BCUT2D eigenvalue weighted by atomic mass is 9.65. The number of hydrogen-bond donors (Lipinski definition) is 2. The number of para-hydroxylation sites is 1. The average molecular weight is 462 g/mol. The largest absolute Gasteiger partial charge is 0.502 e. The molecule has 0 aromatic heterocycles. The Morgan fingerprint density at radius 2 is 1.50 bits per heavy atom. The Labute approximate surface area is 198 Å². The topological polar surface area (TPSA) is 78.4 Å². The molecular weight excluding hydrogens is 434 g/mol. The highest BCUT2D eigenvalue weighted by Crippen LogP contribution is 2.55. The van der Waals surface area contributed by atoms with Crippen LogP contribution in [0.2, 0.25) is 0 Å². The highest BCUT2D eigenvalue weighted by atomic mass is 16.7. The maximum atomic E-state index is 10.5. The fourth-order valence-corrected chi connectivity index (χ4v) is 5.67. The Balaban J connectivity index is 1.53. The van der Waals surface area contributed by atoms with Crippen LogP contribution in [0, 0.1) is 11.8 Å². The molecule has 3 aromatic rings. The van der Waals surface area contributed by atoms with Crippen molar-refractivity contribution in [2.45, 2.75) is 12.0 Å². The molecule has 0 bridgehead atoms. The molecule has 2 N–H and O–H groups in total. The van der Waals surface area contributed by atoms with Crippen molar-refractivity contribution in [1.82, 2.24) is 0 Å². The van der Waals surface area contributed by atoms with Crippen LogP contribution >= 0.6 is 0 Å². The van der Waals surface area contributed by atoms with E-state index in [-0.39, 0.29) is 36.3 Å². The van der Waals surface area contributed by atoms with Crippen LogP contribution in [0.4, 0.5) is 5.69 Å². The number of phenols is 1. The van der Waals surface area contributed by atoms with Crippen LogP contribution in [0.1, 0.15) is 28.7 Å². The Bertz CT molecular complexity index is 1190. The first-order chi connectivity index (χ1) is 16.7. The molecule has 7 heteroatoms. The number of phenolic OH excluding ortho intramolecular Hbond substituents is 1. The molecule has 1 fully saturated rings. The molecule has 0 saturated carbocycles. The lowest BCUT2D eigenvalue weighted by Gasteiger charge is -2.41. The van der Waals surface area contributed by atoms with E-state index in [9.17, 15) is 5.11 Å². The second-order valence-corrected chi connectivity index (χ2v) is 8.94. The molecule has 176 valence electrons. The highest BCUT2D eigenvalue weighted by molar-refractivity contribution is 5.60. The van der Waals surface area contributed by atoms with Gasteiger partial charge in [0.15, 0.2) is 23.0 Å². The van der Waals surface area contributed by atoms with Crippen LogP contribution in [0.25, 0.3) is 0 Å². The maximum absolute atomic E-state index is 10.5. The standard InChI is InChI=1S/C27H27NO6/c1-30-23-8-15(9-24(31-2)27(23)29)25-17-10-21-22(34-14-33-21)11-18(17)26(20-13-32-12-19(20)25)28-16-6-4-3-5-7-16/h3-11,19-20,25-26,28-29H,12-14H2,1-2H3/t19-,20?,25-,26+/m0/s1. The summed E-state index contributed by atoms with van der Waals surface area (Å²) in [6.45, 7) is 1.52. The van der Waals surface area contributed by atoms with E-state index in [1.54, 1.807) is 14.2 Å². The van der Waals surface area contributed by atoms with E-state index in [0.717, 1.165) is 33.9 Å². The lowest BCUT2D eigenvalue weighted by molar-refractivity contribution is 0.173. The van der Waals surface area contributed by atoms with Gasteiger partial charge in [0, 0.05) is 23.4 Å². The summed E-state index contributed by atoms with van der Waals surface area (Å²) in [6.07, 6.45) is 0. The zero-order chi connectivity index (χ0) is 23.2. The molecule has 3 aliphatic rings. The summed E-state index contributed by atoms with van der Waals surface area (Å²) < 4.78 is 28.5. The van der Waals surface area contributed by atoms with E-state index in [2.05, 4.69) is 29.6 Å². The zero-order valence-electron chi connectivity index (χ0n) is 19.1. The fourth-order valence-electron chi connectivity index (χ4n) is 5.67. The molecule has 1 saturated heterocycles. The number of ether oxygens (including phenoxy) is 5. The summed E-state index contributed by atoms with van der Waals surface area (Å²) in [5, 5.41) is 14.3. The Hall–Kier alpha value is -3.58. The lowest BCUT2D eigenvalue weighted by Crippen LogP contribution is -2.36. The summed E-state index contributed by atoms with van der Waals surface area (Å²) >= 11 is 0. The minimum atomic E-state index is -0.00156. The van der Waals surface area contributed by atoms with Gasteiger partial charge in [0.25, 0.3) is 0 Å². The molecular formula is C27H27NO6. The third kappa shape index (κ3) is 3.30. The molecule has 6 rings (SSSR count). The molecule has 3 aromatic carbocycles. The SMILES string of the molecule is COc1cc([C@H]2c3cc4c(cc3[C@@H](Nc3ccccc3)C3COC[C@@H]32)OCO4)cc(OC)c1O. The number of benzene rings is 3. The predicted molar refractivity (Wildman–Crippen MR) is 126 cm³/mol. The van der Waals surface area contributed by atoms with Crippen molar-refractivity contribution in [2.75, 3.05) is 39.5 Å². The third-order valence-corrected chi connectivity index (χ3v) is 7.23. The molecule has 2 heterocycles. The van der Waals surface area contributed by atoms with Crippen LogP contribution in [0.15, 0.2) is 54.6 Å². The van der Waals surface area contributed by atoms with E-state index in [4.69, 9.17) is 23.7 Å². The van der Waals surface area contributed by atoms with Gasteiger partial charge in [-0.3, -0.25) is 0 Å². The third-order valence-electron chi connectivity index (χ3n) is 7.23. The van der Waals surface area contributed by atoms with Gasteiger partial charge in [-0.2, -0.15) is 0 Å². The van der Waals surface area contributed by atoms with Crippen molar-refractivity contribution in [1.29, 1.82) is 0 Å². The first-order valence-electron chi connectivity index (χ1n) is 11.5. The molecule has 1 aliphatic carbocycles. The molecule has 0 spiro atoms. The Kier molecular flexibility index (Phi) is 5.14. The Morgan fingerprint density at radius 3 is 2.18 bits per heavy atom. The maximum Gasteiger partial charge on any atom is 0.231 e. The van der Waals surface area contributed by atoms with Crippen LogP contribution in [0.3, 0.4) is 0 Å². The van der Waals surface area contributed by atoms with Gasteiger partial charge in [-0.25, -0.2) is 0 Å². The van der Waals surface area contributed by atoms with E-state index in [1.807, 2.05) is 30.3 Å². The van der Waals surface area contributed by atoms with Crippen LogP contribution < -0.4 is 24.3 Å². The average Bonchev–Trinajstić information content (AvgIpc) is 3.53. The van der Waals surface area contributed by atoms with E-state index in [1.165, 1.54) is 0 Å². The van der Waals surface area contributed by atoms with Gasteiger partial charge < -0.3 is 34.1 Å². The van der Waals surface area contributed by atoms with Crippen molar-refractivity contribution in [3.8, 4) is 28.7 Å². The van der Waals surface area contributed by atoms with Crippen molar-refractivity contribution in [3.63, 3.8) is 0 Å². The van der Waals surface area contributed by atoms with Crippen molar-refractivity contribution in [2.24, 2.45) is 11.8 Å². The number of rotatable bonds is 5. The monoisotopic (exact) mass is 461 g/mol. The van der Waals surface area contributed by atoms with Crippen LogP contribution in [-0.4, -0.2) is 39.3 Å². The van der Waals surface area contributed by atoms with Crippen LogP contribution in [0.5, 0.6) is 28.7 Å². The summed E-state index contributed by atoms with van der Waals surface area (Å²) in [5.41, 5.74) is 4.38. The van der Waals surface area contributed by atoms with Crippen molar-refractivity contribution < 1.29 is 28.8 Å². The highest BCUT2D eigenvalue weighted by Gasteiger charge is 2.47. The minimum Gasteiger partial charge on any atom is -0.502 e. The smallest absolute Gasteiger partial charge is 0.231 e. The number of fused-ring (bicyclic) bond motifs is 3. The van der Waals surface area contributed by atoms with E-state index in [0.29, 0.717) is 24.7 Å². The van der Waals surface area contributed by atoms with Gasteiger partial charge in [0.05, 0.1) is 33.5 Å². The van der Waals surface area contributed by atoms with E-state index >= 15 is 0 Å². The van der Waals surface area contributed by atoms with Gasteiger partial charge in [-0.15, -0.1) is 0 Å². The normalized spacial score (nSPS) is 24.3. The number of anilines is 1. The number of methoxy groups -OCH3 is 2. The van der Waals surface area contributed by atoms with Gasteiger partial charge in [-0.05, 0) is 53.1 Å². The summed E-state index contributed by atoms with van der Waals surface area (Å²) in [4.78, 5) is 0. The second-order valence-electron chi connectivity index (χ2n) is 8.94. The first kappa shape index (κ1) is 21.0. The number of aromatic hydroxyl groups is 1. The fraction of sp³-hybridized carbons (Fsp3) is 0.333. The van der Waals surface area contributed by atoms with Gasteiger partial charge in [0.1, 0.15) is 0 Å².